The first-order chi connectivity index (χ1) is 7.25. The minimum atomic E-state index is -0.121. The highest BCUT2D eigenvalue weighted by molar-refractivity contribution is 5.98. The Morgan fingerprint density at radius 3 is 3.20 bits per heavy atom. The first-order valence-electron chi connectivity index (χ1n) is 5.03. The van der Waals surface area contributed by atoms with Crippen molar-refractivity contribution in [3.05, 3.63) is 23.3 Å². The molecule has 0 bridgehead atoms. The van der Waals surface area contributed by atoms with Crippen molar-refractivity contribution >= 4 is 5.91 Å². The molecule has 2 aliphatic heterocycles. The Morgan fingerprint density at radius 2 is 2.33 bits per heavy atom. The molecule has 0 radical (unpaired) electrons. The third kappa shape index (κ3) is 1.17. The number of aromatic hydroxyl groups is 1. The van der Waals surface area contributed by atoms with E-state index in [2.05, 4.69) is 5.32 Å². The van der Waals surface area contributed by atoms with Crippen LogP contribution >= 0.6 is 0 Å². The van der Waals surface area contributed by atoms with Crippen molar-refractivity contribution in [3.8, 4) is 11.5 Å². The molecule has 3 rings (SSSR count). The number of amides is 1. The lowest BCUT2D eigenvalue weighted by atomic mass is 9.86. The van der Waals surface area contributed by atoms with Gasteiger partial charge < -0.3 is 15.2 Å². The third-order valence-corrected chi connectivity index (χ3v) is 3.01. The van der Waals surface area contributed by atoms with Gasteiger partial charge in [0, 0.05) is 24.1 Å². The molecule has 78 valence electrons. The fourth-order valence-electron chi connectivity index (χ4n) is 2.31. The molecule has 2 aliphatic rings. The number of hydrogen-bond donors (Lipinski definition) is 2. The van der Waals surface area contributed by atoms with Gasteiger partial charge in [-0.05, 0) is 12.5 Å². The maximum Gasteiger partial charge on any atom is 0.251 e. The van der Waals surface area contributed by atoms with Crippen molar-refractivity contribution in [3.63, 3.8) is 0 Å². The molecule has 0 spiro atoms. The predicted octanol–water partition coefficient (Wildman–Crippen LogP) is 1.00. The molecular weight excluding hydrogens is 194 g/mol. The zero-order valence-corrected chi connectivity index (χ0v) is 8.12. The van der Waals surface area contributed by atoms with Crippen molar-refractivity contribution in [2.75, 3.05) is 13.2 Å². The number of ether oxygens (including phenoxy) is 1. The van der Waals surface area contributed by atoms with Crippen molar-refractivity contribution in [2.45, 2.75) is 12.3 Å². The Kier molecular flexibility index (Phi) is 1.65. The van der Waals surface area contributed by atoms with Crippen LogP contribution < -0.4 is 10.1 Å². The number of hydrogen-bond acceptors (Lipinski definition) is 3. The van der Waals surface area contributed by atoms with E-state index >= 15 is 0 Å². The first-order valence-corrected chi connectivity index (χ1v) is 5.03. The van der Waals surface area contributed by atoms with Crippen LogP contribution in [0.5, 0.6) is 11.5 Å². The van der Waals surface area contributed by atoms with Gasteiger partial charge in [0.2, 0.25) is 0 Å². The summed E-state index contributed by atoms with van der Waals surface area (Å²) in [6.45, 7) is 1.32. The second-order valence-electron chi connectivity index (χ2n) is 3.95. The molecule has 2 N–H and O–H groups in total. The minimum absolute atomic E-state index is 0.0847. The summed E-state index contributed by atoms with van der Waals surface area (Å²) in [6.07, 6.45) is 0.922. The average molecular weight is 205 g/mol. The van der Waals surface area contributed by atoms with E-state index in [-0.39, 0.29) is 11.7 Å². The molecule has 1 unspecified atom stereocenters. The van der Waals surface area contributed by atoms with Gasteiger partial charge in [-0.2, -0.15) is 0 Å². The van der Waals surface area contributed by atoms with Crippen LogP contribution in [0.15, 0.2) is 12.1 Å². The Balaban J connectivity index is 2.26. The highest BCUT2D eigenvalue weighted by Gasteiger charge is 2.31. The van der Waals surface area contributed by atoms with Gasteiger partial charge in [0.05, 0.1) is 12.2 Å². The summed E-state index contributed by atoms with van der Waals surface area (Å²) in [6, 6.07) is 3.10. The molecule has 0 saturated heterocycles. The van der Waals surface area contributed by atoms with Gasteiger partial charge in [-0.25, -0.2) is 0 Å². The SMILES string of the molecule is O=C1NCC2CCOc3cc(O)cc1c32. The summed E-state index contributed by atoms with van der Waals surface area (Å²) in [5.41, 5.74) is 1.52. The Bertz CT molecular complexity index is 442. The maximum absolute atomic E-state index is 11.6. The third-order valence-electron chi connectivity index (χ3n) is 3.01. The van der Waals surface area contributed by atoms with E-state index in [0.29, 0.717) is 30.4 Å². The zero-order chi connectivity index (χ0) is 10.4. The Morgan fingerprint density at radius 1 is 1.47 bits per heavy atom. The van der Waals surface area contributed by atoms with Crippen LogP contribution in [0.1, 0.15) is 28.3 Å². The average Bonchev–Trinajstić information content (AvgIpc) is 2.23. The van der Waals surface area contributed by atoms with Gasteiger partial charge >= 0.3 is 0 Å². The molecule has 0 fully saturated rings. The number of carbonyl (C=O) groups excluding carboxylic acids is 1. The number of nitrogens with one attached hydrogen (secondary N) is 1. The van der Waals surface area contributed by atoms with E-state index in [4.69, 9.17) is 4.74 Å². The second kappa shape index (κ2) is 2.89. The fraction of sp³-hybridized carbons (Fsp3) is 0.364. The monoisotopic (exact) mass is 205 g/mol. The van der Waals surface area contributed by atoms with E-state index in [1.807, 2.05) is 0 Å². The van der Waals surface area contributed by atoms with Crippen LogP contribution in [-0.4, -0.2) is 24.2 Å². The van der Waals surface area contributed by atoms with E-state index in [1.165, 1.54) is 6.07 Å². The standard InChI is InChI=1S/C11H11NO3/c13-7-3-8-10-6(5-12-11(8)14)1-2-15-9(10)4-7/h3-4,6,13H,1-2,5H2,(H,12,14). The zero-order valence-electron chi connectivity index (χ0n) is 8.12. The highest BCUT2D eigenvalue weighted by atomic mass is 16.5. The molecule has 1 amide bonds. The number of benzene rings is 1. The van der Waals surface area contributed by atoms with Gasteiger partial charge in [0.1, 0.15) is 11.5 Å². The summed E-state index contributed by atoms with van der Waals surface area (Å²) < 4.78 is 5.46. The number of rotatable bonds is 0. The van der Waals surface area contributed by atoms with Crippen LogP contribution in [0.25, 0.3) is 0 Å². The van der Waals surface area contributed by atoms with Crippen molar-refractivity contribution < 1.29 is 14.6 Å². The summed E-state index contributed by atoms with van der Waals surface area (Å²) in [5.74, 6) is 0.962. The number of phenols is 1. The maximum atomic E-state index is 11.6. The lowest BCUT2D eigenvalue weighted by Crippen LogP contribution is -2.37. The lowest BCUT2D eigenvalue weighted by Gasteiger charge is -2.31. The van der Waals surface area contributed by atoms with Crippen molar-refractivity contribution in [2.24, 2.45) is 0 Å². The van der Waals surface area contributed by atoms with Gasteiger partial charge in [-0.15, -0.1) is 0 Å². The van der Waals surface area contributed by atoms with Crippen LogP contribution in [0, 0.1) is 0 Å². The lowest BCUT2D eigenvalue weighted by molar-refractivity contribution is 0.0931. The number of carbonyl (C=O) groups is 1. The molecule has 1 aromatic rings. The topological polar surface area (TPSA) is 58.6 Å². The van der Waals surface area contributed by atoms with Crippen LogP contribution in [0.4, 0.5) is 0 Å². The molecule has 0 aliphatic carbocycles. The van der Waals surface area contributed by atoms with Crippen molar-refractivity contribution in [1.29, 1.82) is 0 Å². The summed E-state index contributed by atoms with van der Waals surface area (Å²) in [5, 5.41) is 12.3. The van der Waals surface area contributed by atoms with E-state index in [0.717, 1.165) is 12.0 Å². The molecule has 1 atom stereocenters. The highest BCUT2D eigenvalue weighted by Crippen LogP contribution is 2.40. The Labute approximate surface area is 86.9 Å². The molecule has 1 aromatic carbocycles. The molecule has 15 heavy (non-hydrogen) atoms. The normalized spacial score (nSPS) is 22.7. The quantitative estimate of drug-likeness (QED) is 0.664. The minimum Gasteiger partial charge on any atom is -0.508 e. The summed E-state index contributed by atoms with van der Waals surface area (Å²) in [7, 11) is 0. The summed E-state index contributed by atoms with van der Waals surface area (Å²) in [4.78, 5) is 11.6. The van der Waals surface area contributed by atoms with E-state index in [1.54, 1.807) is 6.07 Å². The molecule has 2 heterocycles. The second-order valence-corrected chi connectivity index (χ2v) is 3.95. The van der Waals surface area contributed by atoms with Crippen LogP contribution in [0.3, 0.4) is 0 Å². The molecule has 0 aromatic heterocycles. The first kappa shape index (κ1) is 8.59. The summed E-state index contributed by atoms with van der Waals surface area (Å²) >= 11 is 0. The molecule has 0 saturated carbocycles. The van der Waals surface area contributed by atoms with Crippen molar-refractivity contribution in [1.82, 2.24) is 5.32 Å². The van der Waals surface area contributed by atoms with Gasteiger partial charge in [-0.3, -0.25) is 4.79 Å². The predicted molar refractivity (Wildman–Crippen MR) is 53.3 cm³/mol. The Hall–Kier alpha value is -1.71. The smallest absolute Gasteiger partial charge is 0.251 e. The fourth-order valence-corrected chi connectivity index (χ4v) is 2.31. The van der Waals surface area contributed by atoms with Gasteiger partial charge in [0.25, 0.3) is 5.91 Å². The molecule has 4 nitrogen and oxygen atoms in total. The van der Waals surface area contributed by atoms with Gasteiger partial charge in [-0.1, -0.05) is 0 Å². The van der Waals surface area contributed by atoms with E-state index in [9.17, 15) is 9.90 Å². The van der Waals surface area contributed by atoms with E-state index < -0.39 is 0 Å². The molecule has 4 heteroatoms. The number of phenolic OH excluding ortho intramolecular Hbond substituents is 1. The van der Waals surface area contributed by atoms with Gasteiger partial charge in [0.15, 0.2) is 0 Å². The van der Waals surface area contributed by atoms with Crippen LogP contribution in [-0.2, 0) is 0 Å². The van der Waals surface area contributed by atoms with Crippen LogP contribution in [0.2, 0.25) is 0 Å². The molecular formula is C11H11NO3. The largest absolute Gasteiger partial charge is 0.508 e.